The summed E-state index contributed by atoms with van der Waals surface area (Å²) >= 11 is 0. The van der Waals surface area contributed by atoms with Gasteiger partial charge in [-0.1, -0.05) is 5.16 Å². The summed E-state index contributed by atoms with van der Waals surface area (Å²) in [6.07, 6.45) is 3.68. The highest BCUT2D eigenvalue weighted by molar-refractivity contribution is 5.79. The fourth-order valence-electron chi connectivity index (χ4n) is 2.74. The van der Waals surface area contributed by atoms with Crippen molar-refractivity contribution >= 4 is 5.91 Å². The molecular formula is C15H19F2N5O2. The Morgan fingerprint density at radius 2 is 2.25 bits per heavy atom. The second-order valence-corrected chi connectivity index (χ2v) is 6.06. The van der Waals surface area contributed by atoms with Gasteiger partial charge in [0.25, 0.3) is 0 Å². The van der Waals surface area contributed by atoms with Gasteiger partial charge in [-0.25, -0.2) is 8.78 Å². The van der Waals surface area contributed by atoms with Crippen LogP contribution in [0.15, 0.2) is 23.0 Å². The zero-order valence-electron chi connectivity index (χ0n) is 13.3. The summed E-state index contributed by atoms with van der Waals surface area (Å²) < 4.78 is 33.0. The lowest BCUT2D eigenvalue weighted by Gasteiger charge is -2.26. The lowest BCUT2D eigenvalue weighted by Crippen LogP contribution is -2.31. The van der Waals surface area contributed by atoms with Gasteiger partial charge in [0.15, 0.2) is 5.82 Å². The molecule has 0 spiro atoms. The zero-order chi connectivity index (χ0) is 17.2. The number of hydrogen-bond acceptors (Lipinski definition) is 5. The molecule has 1 saturated carbocycles. The van der Waals surface area contributed by atoms with Crippen molar-refractivity contribution in [3.63, 3.8) is 0 Å². The molecule has 130 valence electrons. The number of halogens is 2. The maximum absolute atomic E-state index is 13.2. The molecule has 2 aromatic rings. The summed E-state index contributed by atoms with van der Waals surface area (Å²) in [4.78, 5) is 16.3. The summed E-state index contributed by atoms with van der Waals surface area (Å²) in [7, 11) is 0. The molecule has 2 heterocycles. The highest BCUT2D eigenvalue weighted by Gasteiger charge is 2.36. The Morgan fingerprint density at radius 1 is 1.50 bits per heavy atom. The molecule has 0 unspecified atom stereocenters. The third-order valence-corrected chi connectivity index (χ3v) is 4.28. The summed E-state index contributed by atoms with van der Waals surface area (Å²) in [5, 5.41) is 10.6. The predicted molar refractivity (Wildman–Crippen MR) is 79.2 cm³/mol. The standard InChI is InChI=1S/C15H19F2N5O2/c1-10(22-8-2-7-19-22)14(23)18-9-12-20-13(21-24-12)11-3-5-15(16,17)6-4-11/h2,7-8,10-11H,3-6,9H2,1H3,(H,18,23)/t10-/m1/s1. The molecule has 1 aliphatic rings. The van der Waals surface area contributed by atoms with Crippen LogP contribution in [-0.2, 0) is 11.3 Å². The number of aromatic nitrogens is 4. The molecule has 3 rings (SSSR count). The van der Waals surface area contributed by atoms with E-state index in [0.29, 0.717) is 18.7 Å². The molecule has 24 heavy (non-hydrogen) atoms. The van der Waals surface area contributed by atoms with Gasteiger partial charge in [0.1, 0.15) is 6.04 Å². The zero-order valence-corrected chi connectivity index (χ0v) is 13.3. The van der Waals surface area contributed by atoms with Crippen LogP contribution in [0.1, 0.15) is 56.3 Å². The van der Waals surface area contributed by atoms with E-state index in [1.807, 2.05) is 0 Å². The molecule has 9 heteroatoms. The third-order valence-electron chi connectivity index (χ3n) is 4.28. The number of carbonyl (C=O) groups excluding carboxylic acids is 1. The second-order valence-electron chi connectivity index (χ2n) is 6.06. The number of alkyl halides is 2. The maximum Gasteiger partial charge on any atom is 0.248 e. The van der Waals surface area contributed by atoms with E-state index in [2.05, 4.69) is 20.6 Å². The van der Waals surface area contributed by atoms with E-state index in [-0.39, 0.29) is 37.1 Å². The van der Waals surface area contributed by atoms with Crippen molar-refractivity contribution in [2.45, 2.75) is 57.0 Å². The van der Waals surface area contributed by atoms with Crippen LogP contribution < -0.4 is 5.32 Å². The molecule has 1 N–H and O–H groups in total. The maximum atomic E-state index is 13.2. The van der Waals surface area contributed by atoms with Gasteiger partial charge in [-0.15, -0.1) is 0 Å². The Balaban J connectivity index is 1.52. The molecule has 0 bridgehead atoms. The Bertz CT molecular complexity index is 676. The van der Waals surface area contributed by atoms with E-state index < -0.39 is 12.0 Å². The average Bonchev–Trinajstić information content (AvgIpc) is 3.23. The highest BCUT2D eigenvalue weighted by Crippen LogP contribution is 2.39. The minimum absolute atomic E-state index is 0.0975. The molecule has 1 fully saturated rings. The first kappa shape index (κ1) is 16.5. The smallest absolute Gasteiger partial charge is 0.248 e. The first-order valence-electron chi connectivity index (χ1n) is 7.92. The third kappa shape index (κ3) is 3.77. The molecule has 1 amide bonds. The molecule has 0 radical (unpaired) electrons. The van der Waals surface area contributed by atoms with E-state index in [9.17, 15) is 13.6 Å². The van der Waals surface area contributed by atoms with Crippen LogP contribution in [-0.4, -0.2) is 31.8 Å². The number of nitrogens with one attached hydrogen (secondary N) is 1. The molecule has 7 nitrogen and oxygen atoms in total. The van der Waals surface area contributed by atoms with Crippen molar-refractivity contribution in [1.82, 2.24) is 25.2 Å². The van der Waals surface area contributed by atoms with Gasteiger partial charge in [0.2, 0.25) is 17.7 Å². The van der Waals surface area contributed by atoms with Crippen LogP contribution in [0.3, 0.4) is 0 Å². The molecular weight excluding hydrogens is 320 g/mol. The van der Waals surface area contributed by atoms with Gasteiger partial charge in [-0.2, -0.15) is 10.1 Å². The quantitative estimate of drug-likeness (QED) is 0.904. The SMILES string of the molecule is C[C@H](C(=O)NCc1nc(C2CCC(F)(F)CC2)no1)n1cccn1. The molecule has 0 aromatic carbocycles. The van der Waals surface area contributed by atoms with Gasteiger partial charge < -0.3 is 9.84 Å². The normalized spacial score (nSPS) is 19.1. The number of rotatable bonds is 5. The van der Waals surface area contributed by atoms with E-state index >= 15 is 0 Å². The number of nitrogens with zero attached hydrogens (tertiary/aromatic N) is 4. The van der Waals surface area contributed by atoms with Gasteiger partial charge in [-0.05, 0) is 25.8 Å². The van der Waals surface area contributed by atoms with E-state index in [4.69, 9.17) is 4.52 Å². The summed E-state index contributed by atoms with van der Waals surface area (Å²) in [5.41, 5.74) is 0. The Kier molecular flexibility index (Phi) is 4.59. The number of amides is 1. The van der Waals surface area contributed by atoms with Crippen molar-refractivity contribution in [1.29, 1.82) is 0 Å². The molecule has 1 atom stereocenters. The minimum Gasteiger partial charge on any atom is -0.345 e. The van der Waals surface area contributed by atoms with Crippen LogP contribution in [0.2, 0.25) is 0 Å². The lowest BCUT2D eigenvalue weighted by atomic mass is 9.86. The Labute approximate surface area is 137 Å². The average molecular weight is 339 g/mol. The topological polar surface area (TPSA) is 85.8 Å². The van der Waals surface area contributed by atoms with Gasteiger partial charge >= 0.3 is 0 Å². The summed E-state index contributed by atoms with van der Waals surface area (Å²) in [6, 6.07) is 1.28. The van der Waals surface area contributed by atoms with Crippen molar-refractivity contribution < 1.29 is 18.1 Å². The molecule has 2 aromatic heterocycles. The molecule has 0 saturated heterocycles. The number of hydrogen-bond donors (Lipinski definition) is 1. The fraction of sp³-hybridized carbons (Fsp3) is 0.600. The van der Waals surface area contributed by atoms with Crippen LogP contribution in [0.4, 0.5) is 8.78 Å². The first-order valence-corrected chi connectivity index (χ1v) is 7.92. The van der Waals surface area contributed by atoms with Crippen LogP contribution in [0, 0.1) is 0 Å². The van der Waals surface area contributed by atoms with Crippen LogP contribution in [0.25, 0.3) is 0 Å². The molecule has 0 aliphatic heterocycles. The summed E-state index contributed by atoms with van der Waals surface area (Å²) in [6.45, 7) is 1.82. The van der Waals surface area contributed by atoms with Crippen molar-refractivity contribution in [3.05, 3.63) is 30.2 Å². The predicted octanol–water partition coefficient (Wildman–Crippen LogP) is 2.44. The fourth-order valence-corrected chi connectivity index (χ4v) is 2.74. The van der Waals surface area contributed by atoms with Crippen molar-refractivity contribution in [2.24, 2.45) is 0 Å². The lowest BCUT2D eigenvalue weighted by molar-refractivity contribution is -0.124. The van der Waals surface area contributed by atoms with Crippen LogP contribution >= 0.6 is 0 Å². The second kappa shape index (κ2) is 6.66. The van der Waals surface area contributed by atoms with Crippen molar-refractivity contribution in [2.75, 3.05) is 0 Å². The minimum atomic E-state index is -2.58. The van der Waals surface area contributed by atoms with E-state index in [1.54, 1.807) is 25.4 Å². The Morgan fingerprint density at radius 3 is 2.92 bits per heavy atom. The van der Waals surface area contributed by atoms with E-state index in [1.165, 1.54) is 4.68 Å². The van der Waals surface area contributed by atoms with Gasteiger partial charge in [0.05, 0.1) is 6.54 Å². The first-order chi connectivity index (χ1) is 11.4. The van der Waals surface area contributed by atoms with Gasteiger partial charge in [0, 0.05) is 31.2 Å². The highest BCUT2D eigenvalue weighted by atomic mass is 19.3. The molecule has 1 aliphatic carbocycles. The van der Waals surface area contributed by atoms with Gasteiger partial charge in [-0.3, -0.25) is 9.48 Å². The monoisotopic (exact) mass is 339 g/mol. The van der Waals surface area contributed by atoms with E-state index in [0.717, 1.165) is 0 Å². The van der Waals surface area contributed by atoms with Crippen molar-refractivity contribution in [3.8, 4) is 0 Å². The Hall–Kier alpha value is -2.32. The summed E-state index contributed by atoms with van der Waals surface area (Å²) in [5.74, 6) is -2.21. The number of carbonyl (C=O) groups is 1. The largest absolute Gasteiger partial charge is 0.345 e. The van der Waals surface area contributed by atoms with Crippen LogP contribution in [0.5, 0.6) is 0 Å².